The molecule has 1 aliphatic heterocycles. The lowest BCUT2D eigenvalue weighted by Gasteiger charge is -2.30. The van der Waals surface area contributed by atoms with Crippen molar-refractivity contribution >= 4 is 27.9 Å². The number of nitrogens with one attached hydrogen (secondary N) is 1. The summed E-state index contributed by atoms with van der Waals surface area (Å²) in [6.45, 7) is 10.1. The van der Waals surface area contributed by atoms with E-state index in [1.165, 1.54) is 16.8 Å². The molecule has 4 heterocycles. The number of nitrogens with zero attached hydrogens (tertiary/aromatic N) is 7. The number of carbonyl (C=O) groups excluding carboxylic acids is 1. The zero-order valence-corrected chi connectivity index (χ0v) is 18.9. The van der Waals surface area contributed by atoms with Gasteiger partial charge in [0, 0.05) is 37.1 Å². The average Bonchev–Trinajstić information content (AvgIpc) is 3.28. The number of aryl methyl sites for hydroxylation is 1. The molecular formula is C21H22N8O3S. The van der Waals surface area contributed by atoms with Gasteiger partial charge < -0.3 is 5.32 Å². The number of carbonyl (C=O) groups is 1. The lowest BCUT2D eigenvalue weighted by Crippen LogP contribution is -2.42. The van der Waals surface area contributed by atoms with E-state index in [4.69, 9.17) is 6.57 Å². The zero-order valence-electron chi connectivity index (χ0n) is 18.1. The topological polar surface area (TPSA) is 127 Å². The summed E-state index contributed by atoms with van der Waals surface area (Å²) in [6.07, 6.45) is 8.00. The average molecular weight is 467 g/mol. The van der Waals surface area contributed by atoms with Crippen molar-refractivity contribution in [2.24, 2.45) is 0 Å². The van der Waals surface area contributed by atoms with Crippen LogP contribution >= 0.6 is 0 Å². The van der Waals surface area contributed by atoms with E-state index in [1.807, 2.05) is 0 Å². The number of piperidine rings is 1. The van der Waals surface area contributed by atoms with Crippen LogP contribution in [0.2, 0.25) is 0 Å². The Morgan fingerprint density at radius 3 is 2.61 bits per heavy atom. The first-order chi connectivity index (χ1) is 15.8. The molecule has 1 fully saturated rings. The normalized spacial score (nSPS) is 15.2. The summed E-state index contributed by atoms with van der Waals surface area (Å²) >= 11 is 0. The molecule has 1 N–H and O–H groups in total. The third kappa shape index (κ3) is 4.89. The highest BCUT2D eigenvalue weighted by atomic mass is 32.2. The molecule has 0 unspecified atom stereocenters. The number of anilines is 1. The molecule has 0 radical (unpaired) electrons. The molecule has 3 aromatic rings. The lowest BCUT2D eigenvalue weighted by molar-refractivity contribution is 0.111. The van der Waals surface area contributed by atoms with Crippen LogP contribution in [0.5, 0.6) is 0 Å². The molecule has 0 amide bonds. The van der Waals surface area contributed by atoms with Crippen LogP contribution < -0.4 is 5.32 Å². The van der Waals surface area contributed by atoms with Gasteiger partial charge in [-0.1, -0.05) is 0 Å². The number of hydrogen-bond donors (Lipinski definition) is 1. The molecule has 0 aromatic carbocycles. The molecule has 0 atom stereocenters. The maximum atomic E-state index is 11.7. The Hall–Kier alpha value is -3.69. The molecule has 11 nitrogen and oxygen atoms in total. The van der Waals surface area contributed by atoms with Gasteiger partial charge in [-0.2, -0.15) is 5.10 Å². The van der Waals surface area contributed by atoms with E-state index in [0.29, 0.717) is 66.5 Å². The molecule has 170 valence electrons. The number of hydrogen-bond acceptors (Lipinski definition) is 8. The second-order valence-corrected chi connectivity index (χ2v) is 9.73. The SMILES string of the molecule is [C-]#[N+]c1cnc(NC2CCN(S(C)(=O)=O)CC2)nc1-c1cnn(-c2ccc(C=O)nc2C)c1. The van der Waals surface area contributed by atoms with Crippen molar-refractivity contribution < 1.29 is 13.2 Å². The molecule has 1 aliphatic rings. The van der Waals surface area contributed by atoms with Crippen LogP contribution in [0.25, 0.3) is 21.8 Å². The Kier molecular flexibility index (Phi) is 6.17. The molecular weight excluding hydrogens is 444 g/mol. The third-order valence-electron chi connectivity index (χ3n) is 5.45. The molecule has 1 saturated heterocycles. The van der Waals surface area contributed by atoms with Crippen LogP contribution in [-0.2, 0) is 10.0 Å². The summed E-state index contributed by atoms with van der Waals surface area (Å²) in [4.78, 5) is 27.5. The van der Waals surface area contributed by atoms with Crippen molar-refractivity contribution in [1.82, 2.24) is 29.0 Å². The highest BCUT2D eigenvalue weighted by Gasteiger charge is 2.25. The van der Waals surface area contributed by atoms with E-state index in [2.05, 4.69) is 30.2 Å². The van der Waals surface area contributed by atoms with Crippen LogP contribution in [0.4, 0.5) is 11.6 Å². The van der Waals surface area contributed by atoms with E-state index in [-0.39, 0.29) is 11.7 Å². The van der Waals surface area contributed by atoms with E-state index in [0.717, 1.165) is 0 Å². The van der Waals surface area contributed by atoms with E-state index < -0.39 is 10.0 Å². The van der Waals surface area contributed by atoms with Gasteiger partial charge in [-0.15, -0.1) is 0 Å². The largest absolute Gasteiger partial charge is 0.351 e. The predicted molar refractivity (Wildman–Crippen MR) is 122 cm³/mol. The third-order valence-corrected chi connectivity index (χ3v) is 6.75. The summed E-state index contributed by atoms with van der Waals surface area (Å²) in [6, 6.07) is 3.40. The zero-order chi connectivity index (χ0) is 23.6. The number of rotatable bonds is 6. The Balaban J connectivity index is 1.56. The highest BCUT2D eigenvalue weighted by Crippen LogP contribution is 2.30. The van der Waals surface area contributed by atoms with Crippen LogP contribution in [0, 0.1) is 13.5 Å². The van der Waals surface area contributed by atoms with Crippen molar-refractivity contribution in [3.63, 3.8) is 0 Å². The fourth-order valence-electron chi connectivity index (χ4n) is 3.71. The van der Waals surface area contributed by atoms with Crippen LogP contribution in [0.15, 0.2) is 30.7 Å². The molecule has 3 aromatic heterocycles. The molecule has 0 spiro atoms. The quantitative estimate of drug-likeness (QED) is 0.433. The van der Waals surface area contributed by atoms with Gasteiger partial charge in [0.25, 0.3) is 0 Å². The van der Waals surface area contributed by atoms with Gasteiger partial charge in [0.15, 0.2) is 6.29 Å². The summed E-state index contributed by atoms with van der Waals surface area (Å²) in [7, 11) is -3.19. The van der Waals surface area contributed by atoms with Crippen molar-refractivity contribution in [3.8, 4) is 16.9 Å². The van der Waals surface area contributed by atoms with Crippen molar-refractivity contribution in [2.75, 3.05) is 24.7 Å². The number of sulfonamides is 1. The van der Waals surface area contributed by atoms with Crippen LogP contribution in [-0.4, -0.2) is 69.1 Å². The molecule has 0 saturated carbocycles. The predicted octanol–water partition coefficient (Wildman–Crippen LogP) is 2.23. The maximum absolute atomic E-state index is 11.7. The molecule has 0 aliphatic carbocycles. The molecule has 33 heavy (non-hydrogen) atoms. The fourth-order valence-corrected chi connectivity index (χ4v) is 4.59. The smallest absolute Gasteiger partial charge is 0.231 e. The Bertz CT molecular complexity index is 1340. The monoisotopic (exact) mass is 466 g/mol. The summed E-state index contributed by atoms with van der Waals surface area (Å²) < 4.78 is 26.5. The first-order valence-electron chi connectivity index (χ1n) is 10.2. The molecule has 0 bridgehead atoms. The van der Waals surface area contributed by atoms with Gasteiger partial charge in [-0.3, -0.25) is 4.79 Å². The van der Waals surface area contributed by atoms with Gasteiger partial charge in [0.05, 0.1) is 36.1 Å². The van der Waals surface area contributed by atoms with Gasteiger partial charge in [-0.25, -0.2) is 37.2 Å². The highest BCUT2D eigenvalue weighted by molar-refractivity contribution is 7.88. The van der Waals surface area contributed by atoms with Crippen molar-refractivity contribution in [1.29, 1.82) is 0 Å². The van der Waals surface area contributed by atoms with E-state index in [9.17, 15) is 13.2 Å². The second kappa shape index (κ2) is 9.05. The van der Waals surface area contributed by atoms with Crippen molar-refractivity contribution in [2.45, 2.75) is 25.8 Å². The van der Waals surface area contributed by atoms with E-state index in [1.54, 1.807) is 36.1 Å². The first kappa shape index (κ1) is 22.5. The van der Waals surface area contributed by atoms with Crippen LogP contribution in [0.1, 0.15) is 29.0 Å². The first-order valence-corrected chi connectivity index (χ1v) is 12.1. The van der Waals surface area contributed by atoms with Gasteiger partial charge in [-0.05, 0) is 31.9 Å². The Labute approximate surface area is 191 Å². The van der Waals surface area contributed by atoms with Crippen molar-refractivity contribution in [3.05, 3.63) is 53.5 Å². The second-order valence-electron chi connectivity index (χ2n) is 7.75. The summed E-state index contributed by atoms with van der Waals surface area (Å²) in [5, 5.41) is 7.63. The minimum Gasteiger partial charge on any atom is -0.351 e. The Morgan fingerprint density at radius 1 is 1.21 bits per heavy atom. The Morgan fingerprint density at radius 2 is 1.97 bits per heavy atom. The minimum atomic E-state index is -3.19. The maximum Gasteiger partial charge on any atom is 0.231 e. The minimum absolute atomic E-state index is 0.0300. The number of aldehydes is 1. The summed E-state index contributed by atoms with van der Waals surface area (Å²) in [5.74, 6) is 0.371. The summed E-state index contributed by atoms with van der Waals surface area (Å²) in [5.41, 5.74) is 3.06. The molecule has 4 rings (SSSR count). The van der Waals surface area contributed by atoms with Gasteiger partial charge >= 0.3 is 0 Å². The van der Waals surface area contributed by atoms with Gasteiger partial charge in [0.1, 0.15) is 5.69 Å². The fraction of sp³-hybridized carbons (Fsp3) is 0.333. The lowest BCUT2D eigenvalue weighted by atomic mass is 10.1. The van der Waals surface area contributed by atoms with E-state index >= 15 is 0 Å². The van der Waals surface area contributed by atoms with Crippen LogP contribution in [0.3, 0.4) is 0 Å². The number of aromatic nitrogens is 5. The number of pyridine rings is 1. The molecule has 12 heteroatoms. The standard InChI is InChI=1S/C21H22N8O3S/c1-14-19(5-4-17(13-30)25-14)29-12-15(10-24-29)20-18(22-2)11-23-21(27-20)26-16-6-8-28(9-7-16)33(3,31)32/h4-5,10-13,16H,6-9H2,1,3H3,(H,23,26,27). The van der Waals surface area contributed by atoms with Gasteiger partial charge in [0.2, 0.25) is 21.7 Å².